The molecule has 1 amide bonds. The zero-order chi connectivity index (χ0) is 21.7. The Morgan fingerprint density at radius 3 is 2.27 bits per heavy atom. The molecule has 0 bridgehead atoms. The van der Waals surface area contributed by atoms with Crippen molar-refractivity contribution in [2.75, 3.05) is 28.4 Å². The van der Waals surface area contributed by atoms with Crippen LogP contribution in [0.15, 0.2) is 42.6 Å². The third-order valence-corrected chi connectivity index (χ3v) is 4.82. The van der Waals surface area contributed by atoms with E-state index in [0.717, 1.165) is 16.5 Å². The second kappa shape index (κ2) is 9.21. The van der Waals surface area contributed by atoms with Gasteiger partial charge in [0, 0.05) is 29.1 Å². The van der Waals surface area contributed by atoms with Gasteiger partial charge in [0.15, 0.2) is 11.5 Å². The van der Waals surface area contributed by atoms with E-state index >= 15 is 0 Å². The first-order chi connectivity index (χ1) is 14.5. The number of methoxy groups -OCH3 is 4. The quantitative estimate of drug-likeness (QED) is 0.552. The Labute approximate surface area is 174 Å². The summed E-state index contributed by atoms with van der Waals surface area (Å²) >= 11 is 0. The lowest BCUT2D eigenvalue weighted by atomic mass is 10.0. The molecule has 0 saturated heterocycles. The lowest BCUT2D eigenvalue weighted by Crippen LogP contribution is -2.43. The van der Waals surface area contributed by atoms with E-state index in [0.29, 0.717) is 17.2 Å². The molecule has 1 atom stereocenters. The van der Waals surface area contributed by atoms with Crippen LogP contribution in [0.4, 0.5) is 0 Å². The number of carbonyl (C=O) groups is 2. The zero-order valence-corrected chi connectivity index (χ0v) is 17.3. The summed E-state index contributed by atoms with van der Waals surface area (Å²) in [5, 5.41) is 3.73. The zero-order valence-electron chi connectivity index (χ0n) is 17.3. The van der Waals surface area contributed by atoms with Gasteiger partial charge in [0.2, 0.25) is 5.75 Å². The summed E-state index contributed by atoms with van der Waals surface area (Å²) in [5.74, 6) is 0.0481. The lowest BCUT2D eigenvalue weighted by Gasteiger charge is -2.18. The van der Waals surface area contributed by atoms with Crippen LogP contribution in [0.25, 0.3) is 10.9 Å². The van der Waals surface area contributed by atoms with Crippen molar-refractivity contribution in [1.82, 2.24) is 10.3 Å². The molecule has 8 heteroatoms. The molecule has 8 nitrogen and oxygen atoms in total. The van der Waals surface area contributed by atoms with Crippen LogP contribution in [-0.4, -0.2) is 51.3 Å². The van der Waals surface area contributed by atoms with Gasteiger partial charge in [-0.25, -0.2) is 4.79 Å². The number of para-hydroxylation sites is 1. The number of nitrogens with one attached hydrogen (secondary N) is 2. The first-order valence-corrected chi connectivity index (χ1v) is 9.26. The molecule has 2 N–H and O–H groups in total. The molecule has 2 aromatic carbocycles. The van der Waals surface area contributed by atoms with Crippen LogP contribution in [0.1, 0.15) is 15.9 Å². The summed E-state index contributed by atoms with van der Waals surface area (Å²) in [6.45, 7) is 0. The molecule has 0 radical (unpaired) electrons. The third kappa shape index (κ3) is 4.17. The normalized spacial score (nSPS) is 11.6. The summed E-state index contributed by atoms with van der Waals surface area (Å²) in [7, 11) is 5.70. The molecule has 0 aliphatic heterocycles. The molecular formula is C22H24N2O6. The third-order valence-electron chi connectivity index (χ3n) is 4.82. The highest BCUT2D eigenvalue weighted by molar-refractivity contribution is 5.98. The largest absolute Gasteiger partial charge is 0.493 e. The van der Waals surface area contributed by atoms with Gasteiger partial charge < -0.3 is 29.2 Å². The average molecular weight is 412 g/mol. The summed E-state index contributed by atoms with van der Waals surface area (Å²) in [6.07, 6.45) is 2.10. The van der Waals surface area contributed by atoms with Gasteiger partial charge in [0.1, 0.15) is 6.04 Å². The minimum absolute atomic E-state index is 0.261. The number of amides is 1. The van der Waals surface area contributed by atoms with Gasteiger partial charge in [0.05, 0.1) is 28.4 Å². The molecule has 158 valence electrons. The summed E-state index contributed by atoms with van der Waals surface area (Å²) < 4.78 is 20.8. The van der Waals surface area contributed by atoms with Crippen molar-refractivity contribution < 1.29 is 28.5 Å². The van der Waals surface area contributed by atoms with E-state index in [1.165, 1.54) is 40.6 Å². The number of esters is 1. The number of aromatic nitrogens is 1. The Kier molecular flexibility index (Phi) is 6.46. The molecule has 0 saturated carbocycles. The second-order valence-corrected chi connectivity index (χ2v) is 6.53. The molecule has 0 spiro atoms. The van der Waals surface area contributed by atoms with Crippen LogP contribution in [0.2, 0.25) is 0 Å². The number of carbonyl (C=O) groups excluding carboxylic acids is 2. The van der Waals surface area contributed by atoms with Crippen molar-refractivity contribution in [3.8, 4) is 17.2 Å². The minimum Gasteiger partial charge on any atom is -0.493 e. The van der Waals surface area contributed by atoms with E-state index in [1.807, 2.05) is 30.5 Å². The summed E-state index contributed by atoms with van der Waals surface area (Å²) in [4.78, 5) is 28.5. The first kappa shape index (κ1) is 21.0. The Balaban J connectivity index is 1.88. The molecule has 1 aromatic heterocycles. The number of aromatic amines is 1. The SMILES string of the molecule is COC(=O)C(Cc1c[nH]c2ccccc12)NC(=O)c1cc(OC)c(OC)c(OC)c1. The molecule has 3 aromatic rings. The predicted molar refractivity (Wildman–Crippen MR) is 111 cm³/mol. The first-order valence-electron chi connectivity index (χ1n) is 9.26. The fourth-order valence-electron chi connectivity index (χ4n) is 3.31. The Morgan fingerprint density at radius 2 is 1.67 bits per heavy atom. The van der Waals surface area contributed by atoms with Crippen LogP contribution in [-0.2, 0) is 16.0 Å². The van der Waals surface area contributed by atoms with Crippen LogP contribution in [0.3, 0.4) is 0 Å². The van der Waals surface area contributed by atoms with E-state index < -0.39 is 17.9 Å². The van der Waals surface area contributed by atoms with Gasteiger partial charge in [-0.15, -0.1) is 0 Å². The highest BCUT2D eigenvalue weighted by Crippen LogP contribution is 2.38. The van der Waals surface area contributed by atoms with Crippen molar-refractivity contribution >= 4 is 22.8 Å². The number of H-pyrrole nitrogens is 1. The number of benzene rings is 2. The number of rotatable bonds is 8. The van der Waals surface area contributed by atoms with E-state index in [-0.39, 0.29) is 12.0 Å². The van der Waals surface area contributed by atoms with Crippen LogP contribution in [0.5, 0.6) is 17.2 Å². The second-order valence-electron chi connectivity index (χ2n) is 6.53. The van der Waals surface area contributed by atoms with E-state index in [4.69, 9.17) is 18.9 Å². The van der Waals surface area contributed by atoms with Crippen LogP contribution >= 0.6 is 0 Å². The fraction of sp³-hybridized carbons (Fsp3) is 0.273. The minimum atomic E-state index is -0.874. The smallest absolute Gasteiger partial charge is 0.328 e. The molecule has 0 aliphatic carbocycles. The van der Waals surface area contributed by atoms with Gasteiger partial charge in [-0.1, -0.05) is 18.2 Å². The molecule has 1 heterocycles. The standard InChI is InChI=1S/C22H24N2O6/c1-27-18-10-13(11-19(28-2)20(18)29-3)21(25)24-17(22(26)30-4)9-14-12-23-16-8-6-5-7-15(14)16/h5-8,10-12,17,23H,9H2,1-4H3,(H,24,25). The maximum atomic E-state index is 12.9. The molecule has 3 rings (SSSR count). The Hall–Kier alpha value is -3.68. The molecule has 0 fully saturated rings. The van der Waals surface area contributed by atoms with Crippen molar-refractivity contribution in [2.24, 2.45) is 0 Å². The van der Waals surface area contributed by atoms with Gasteiger partial charge in [-0.05, 0) is 23.8 Å². The highest BCUT2D eigenvalue weighted by Gasteiger charge is 2.25. The maximum Gasteiger partial charge on any atom is 0.328 e. The van der Waals surface area contributed by atoms with Crippen molar-refractivity contribution in [3.63, 3.8) is 0 Å². The summed E-state index contributed by atoms with van der Waals surface area (Å²) in [5.41, 5.74) is 2.11. The van der Waals surface area contributed by atoms with Crippen molar-refractivity contribution in [1.29, 1.82) is 0 Å². The van der Waals surface area contributed by atoms with Gasteiger partial charge >= 0.3 is 5.97 Å². The number of ether oxygens (including phenoxy) is 4. The van der Waals surface area contributed by atoms with Gasteiger partial charge in [-0.3, -0.25) is 4.79 Å². The number of hydrogen-bond donors (Lipinski definition) is 2. The summed E-state index contributed by atoms with van der Waals surface area (Å²) in [6, 6.07) is 9.92. The van der Waals surface area contributed by atoms with E-state index in [1.54, 1.807) is 0 Å². The van der Waals surface area contributed by atoms with E-state index in [2.05, 4.69) is 10.3 Å². The van der Waals surface area contributed by atoms with Gasteiger partial charge in [-0.2, -0.15) is 0 Å². The highest BCUT2D eigenvalue weighted by atomic mass is 16.5. The van der Waals surface area contributed by atoms with Crippen LogP contribution in [0, 0.1) is 0 Å². The fourth-order valence-corrected chi connectivity index (χ4v) is 3.31. The molecule has 0 aliphatic rings. The predicted octanol–water partition coefficient (Wildman–Crippen LogP) is 2.71. The Bertz CT molecular complexity index is 1030. The molecule has 1 unspecified atom stereocenters. The average Bonchev–Trinajstić information content (AvgIpc) is 3.19. The van der Waals surface area contributed by atoms with Crippen LogP contribution < -0.4 is 19.5 Å². The Morgan fingerprint density at radius 1 is 1.00 bits per heavy atom. The topological polar surface area (TPSA) is 98.9 Å². The maximum absolute atomic E-state index is 12.9. The van der Waals surface area contributed by atoms with Crippen molar-refractivity contribution in [3.05, 3.63) is 53.7 Å². The monoisotopic (exact) mass is 412 g/mol. The number of fused-ring (bicyclic) bond motifs is 1. The lowest BCUT2D eigenvalue weighted by molar-refractivity contribution is -0.142. The van der Waals surface area contributed by atoms with E-state index in [9.17, 15) is 9.59 Å². The van der Waals surface area contributed by atoms with Gasteiger partial charge in [0.25, 0.3) is 5.91 Å². The number of hydrogen-bond acceptors (Lipinski definition) is 6. The molecular weight excluding hydrogens is 388 g/mol. The molecule has 30 heavy (non-hydrogen) atoms. The van der Waals surface area contributed by atoms with Crippen molar-refractivity contribution in [2.45, 2.75) is 12.5 Å².